The number of carboxylic acids is 2. The van der Waals surface area contributed by atoms with Gasteiger partial charge in [0.05, 0.1) is 18.5 Å². The van der Waals surface area contributed by atoms with Gasteiger partial charge < -0.3 is 35.0 Å². The van der Waals surface area contributed by atoms with E-state index < -0.39 is 53.3 Å². The predicted molar refractivity (Wildman–Crippen MR) is 102 cm³/mol. The Morgan fingerprint density at radius 1 is 1.00 bits per heavy atom. The summed E-state index contributed by atoms with van der Waals surface area (Å²) in [6.45, 7) is -0.302. The van der Waals surface area contributed by atoms with Crippen LogP contribution in [-0.4, -0.2) is 50.1 Å². The lowest BCUT2D eigenvalue weighted by Crippen LogP contribution is -2.42. The number of fused-ring (bicyclic) bond motifs is 1. The van der Waals surface area contributed by atoms with Crippen LogP contribution in [-0.2, 0) is 40.1 Å². The first-order valence-electron chi connectivity index (χ1n) is 9.95. The highest BCUT2D eigenvalue weighted by molar-refractivity contribution is 5.87. The Bertz CT molecular complexity index is 1150. The van der Waals surface area contributed by atoms with Gasteiger partial charge in [0.1, 0.15) is 5.82 Å². The van der Waals surface area contributed by atoms with Gasteiger partial charge in [0, 0.05) is 31.6 Å². The van der Waals surface area contributed by atoms with Crippen LogP contribution >= 0.6 is 0 Å². The summed E-state index contributed by atoms with van der Waals surface area (Å²) in [5.74, 6) is -8.24. The van der Waals surface area contributed by atoms with Crippen LogP contribution in [0, 0.1) is 17.5 Å². The summed E-state index contributed by atoms with van der Waals surface area (Å²) >= 11 is 0. The number of carbonyl (C=O) groups is 3. The number of carbonyl (C=O) groups excluding carboxylic acids is 3. The van der Waals surface area contributed by atoms with Gasteiger partial charge in [-0.2, -0.15) is 13.2 Å². The lowest BCUT2D eigenvalue weighted by Gasteiger charge is -2.29. The fourth-order valence-corrected chi connectivity index (χ4v) is 3.14. The van der Waals surface area contributed by atoms with E-state index in [4.69, 9.17) is 5.73 Å². The molecule has 0 bridgehead atoms. The van der Waals surface area contributed by atoms with Gasteiger partial charge >= 0.3 is 6.18 Å². The molecule has 1 atom stereocenters. The summed E-state index contributed by atoms with van der Waals surface area (Å²) in [5.41, 5.74) is 5.64. The summed E-state index contributed by atoms with van der Waals surface area (Å²) in [6, 6.07) is 0.184. The molecular weight excluding hydrogens is 504 g/mol. The zero-order valence-electron chi connectivity index (χ0n) is 18.1. The number of halogens is 6. The van der Waals surface area contributed by atoms with E-state index in [2.05, 4.69) is 10.2 Å². The highest BCUT2D eigenvalue weighted by Gasteiger charge is 2.40. The number of nitrogens with two attached hydrogens (primary N) is 1. The van der Waals surface area contributed by atoms with E-state index in [9.17, 15) is 50.9 Å². The summed E-state index contributed by atoms with van der Waals surface area (Å²) in [5, 5.41) is 25.4. The van der Waals surface area contributed by atoms with Crippen LogP contribution in [0.3, 0.4) is 0 Å². The molecule has 0 saturated carbocycles. The molecule has 1 aromatic carbocycles. The van der Waals surface area contributed by atoms with Crippen LogP contribution < -0.4 is 15.9 Å². The summed E-state index contributed by atoms with van der Waals surface area (Å²) in [6.07, 6.45) is -4.34. The van der Waals surface area contributed by atoms with E-state index >= 15 is 0 Å². The Labute approximate surface area is 198 Å². The predicted octanol–water partition coefficient (Wildman–Crippen LogP) is -0.941. The minimum Gasteiger partial charge on any atom is -0.545 e. The summed E-state index contributed by atoms with van der Waals surface area (Å²) in [4.78, 5) is 32.5. The van der Waals surface area contributed by atoms with Crippen molar-refractivity contribution in [3.8, 4) is 0 Å². The fourth-order valence-electron chi connectivity index (χ4n) is 3.14. The third kappa shape index (κ3) is 7.79. The Morgan fingerprint density at radius 2 is 1.58 bits per heavy atom. The molecule has 0 radical (unpaired) electrons. The molecule has 1 aromatic heterocycles. The van der Waals surface area contributed by atoms with E-state index in [0.717, 1.165) is 4.57 Å². The van der Waals surface area contributed by atoms with Gasteiger partial charge in [0.15, 0.2) is 17.5 Å². The average molecular weight is 521 g/mol. The average Bonchev–Trinajstić information content (AvgIpc) is 3.20. The van der Waals surface area contributed by atoms with Crippen LogP contribution in [0.15, 0.2) is 24.3 Å². The van der Waals surface area contributed by atoms with Crippen molar-refractivity contribution in [1.82, 2.24) is 19.7 Å². The molecule has 2 N–H and O–H groups in total. The zero-order valence-corrected chi connectivity index (χ0v) is 18.1. The third-order valence-corrected chi connectivity index (χ3v) is 4.72. The largest absolute Gasteiger partial charge is 0.545 e. The number of aromatic nitrogens is 3. The molecule has 10 nitrogen and oxygen atoms in total. The van der Waals surface area contributed by atoms with Gasteiger partial charge in [-0.1, -0.05) is 0 Å². The number of alkyl halides is 3. The minimum atomic E-state index is -4.64. The van der Waals surface area contributed by atoms with Crippen LogP contribution in [0.4, 0.5) is 26.3 Å². The first-order valence-corrected chi connectivity index (χ1v) is 9.95. The monoisotopic (exact) mass is 521 g/mol. The quantitative estimate of drug-likeness (QED) is 0.290. The normalized spacial score (nSPS) is 14.1. The second kappa shape index (κ2) is 11.7. The number of aliphatic carboxylic acids is 2. The Morgan fingerprint density at radius 3 is 2.14 bits per heavy atom. The maximum Gasteiger partial charge on any atom is 0.451 e. The number of hydrogen-bond acceptors (Lipinski definition) is 8. The standard InChI is InChI=1S/C16H15F6N5O.C4H4O4/c17-10-6-12(19)11(18)4-8(10)3-9(23)5-14(28)26-1-2-27-13(7-26)24-25-15(27)16(20,21)22;5-3(6)1-2-4(7)8/h4,6,9H,1-3,5,7,23H2;1-2H,(H,5,6)(H,7,8)/p-2/b;2-1-/t9-;/m1./s1. The van der Waals surface area contributed by atoms with Crippen LogP contribution in [0.5, 0.6) is 0 Å². The lowest BCUT2D eigenvalue weighted by molar-refractivity contribution is -0.301. The molecule has 0 unspecified atom stereocenters. The van der Waals surface area contributed by atoms with Gasteiger partial charge in [-0.25, -0.2) is 13.2 Å². The van der Waals surface area contributed by atoms with Crippen LogP contribution in [0.2, 0.25) is 0 Å². The maximum absolute atomic E-state index is 13.7. The first-order chi connectivity index (χ1) is 16.7. The van der Waals surface area contributed by atoms with E-state index in [1.165, 1.54) is 4.90 Å². The van der Waals surface area contributed by atoms with Gasteiger partial charge in [0.25, 0.3) is 0 Å². The van der Waals surface area contributed by atoms with Crippen molar-refractivity contribution in [2.45, 2.75) is 38.1 Å². The van der Waals surface area contributed by atoms with Gasteiger partial charge in [-0.15, -0.1) is 10.2 Å². The number of rotatable bonds is 6. The van der Waals surface area contributed by atoms with Crippen molar-refractivity contribution in [2.75, 3.05) is 6.54 Å². The molecule has 0 spiro atoms. The van der Waals surface area contributed by atoms with E-state index in [1.807, 2.05) is 0 Å². The topological polar surface area (TPSA) is 157 Å². The molecule has 36 heavy (non-hydrogen) atoms. The maximum atomic E-state index is 13.7. The van der Waals surface area contributed by atoms with Crippen molar-refractivity contribution < 1.29 is 50.9 Å². The van der Waals surface area contributed by atoms with E-state index in [0.29, 0.717) is 24.3 Å². The highest BCUT2D eigenvalue weighted by atomic mass is 19.4. The number of amides is 1. The smallest absolute Gasteiger partial charge is 0.451 e. The van der Waals surface area contributed by atoms with Gasteiger partial charge in [-0.05, 0) is 30.2 Å². The van der Waals surface area contributed by atoms with Crippen molar-refractivity contribution in [2.24, 2.45) is 5.73 Å². The van der Waals surface area contributed by atoms with Crippen molar-refractivity contribution in [3.63, 3.8) is 0 Å². The molecule has 16 heteroatoms. The van der Waals surface area contributed by atoms with E-state index in [-0.39, 0.29) is 43.9 Å². The first kappa shape index (κ1) is 28.3. The molecule has 1 aliphatic rings. The second-order valence-corrected chi connectivity index (χ2v) is 7.40. The molecule has 1 amide bonds. The molecular formula is C20H17F6N5O5-2. The minimum absolute atomic E-state index is 0.000783. The molecule has 196 valence electrons. The third-order valence-electron chi connectivity index (χ3n) is 4.72. The molecule has 1 aliphatic heterocycles. The Kier molecular flexibility index (Phi) is 9.16. The highest BCUT2D eigenvalue weighted by Crippen LogP contribution is 2.29. The second-order valence-electron chi connectivity index (χ2n) is 7.40. The zero-order chi connectivity index (χ0) is 27.2. The molecule has 0 saturated heterocycles. The molecule has 0 aliphatic carbocycles. The Hall–Kier alpha value is -3.95. The van der Waals surface area contributed by atoms with Gasteiger partial charge in [0.2, 0.25) is 11.7 Å². The van der Waals surface area contributed by atoms with E-state index in [1.54, 1.807) is 0 Å². The number of carboxylic acid groups (broad SMARTS) is 2. The molecule has 3 rings (SSSR count). The number of hydrogen-bond donors (Lipinski definition) is 1. The number of benzene rings is 1. The number of nitrogens with zero attached hydrogens (tertiary/aromatic N) is 4. The van der Waals surface area contributed by atoms with Gasteiger partial charge in [-0.3, -0.25) is 4.79 Å². The van der Waals surface area contributed by atoms with Crippen molar-refractivity contribution in [3.05, 3.63) is 58.9 Å². The fraction of sp³-hybridized carbons (Fsp3) is 0.350. The summed E-state index contributed by atoms with van der Waals surface area (Å²) < 4.78 is 79.3. The lowest BCUT2D eigenvalue weighted by atomic mass is 10.0. The molecule has 2 heterocycles. The molecule has 2 aromatic rings. The SMILES string of the molecule is N[C@@H](CC(=O)N1CCn2c(nnc2C(F)(F)F)C1)Cc1cc(F)c(F)cc1F.O=C([O-])/C=C\C(=O)[O-]. The van der Waals surface area contributed by atoms with Crippen molar-refractivity contribution in [1.29, 1.82) is 0 Å². The summed E-state index contributed by atoms with van der Waals surface area (Å²) in [7, 11) is 0. The van der Waals surface area contributed by atoms with Crippen molar-refractivity contribution >= 4 is 17.8 Å². The van der Waals surface area contributed by atoms with Crippen LogP contribution in [0.25, 0.3) is 0 Å². The van der Waals surface area contributed by atoms with Crippen LogP contribution in [0.1, 0.15) is 23.6 Å². The Balaban J connectivity index is 0.000000493. The molecule has 0 fully saturated rings.